The van der Waals surface area contributed by atoms with E-state index in [9.17, 15) is 5.11 Å². The van der Waals surface area contributed by atoms with Crippen molar-refractivity contribution in [1.29, 1.82) is 5.26 Å². The molecule has 0 radical (unpaired) electrons. The van der Waals surface area contributed by atoms with Gasteiger partial charge in [0.25, 0.3) is 0 Å². The molecule has 0 atom stereocenters. The highest BCUT2D eigenvalue weighted by Gasteiger charge is 2.20. The van der Waals surface area contributed by atoms with Crippen LogP contribution in [0.1, 0.15) is 5.56 Å². The Morgan fingerprint density at radius 3 is 3.12 bits per heavy atom. The third-order valence-corrected chi connectivity index (χ3v) is 2.70. The number of H-pyrrole nitrogens is 1. The molecule has 0 aliphatic carbocycles. The summed E-state index contributed by atoms with van der Waals surface area (Å²) in [6.45, 7) is 0.0384. The van der Waals surface area contributed by atoms with E-state index in [-0.39, 0.29) is 17.9 Å². The Bertz CT molecular complexity index is 647. The van der Waals surface area contributed by atoms with Gasteiger partial charge in [-0.1, -0.05) is 6.07 Å². The van der Waals surface area contributed by atoms with Crippen molar-refractivity contribution in [3.05, 3.63) is 35.7 Å². The van der Waals surface area contributed by atoms with Crippen molar-refractivity contribution < 1.29 is 9.84 Å². The van der Waals surface area contributed by atoms with Gasteiger partial charge in [-0.05, 0) is 12.1 Å². The number of nitrogens with one attached hydrogen (secondary N) is 1. The number of aromatic nitrogens is 1. The first-order valence-electron chi connectivity index (χ1n) is 4.86. The van der Waals surface area contributed by atoms with E-state index in [1.54, 1.807) is 6.20 Å². The van der Waals surface area contributed by atoms with Gasteiger partial charge in [-0.25, -0.2) is 0 Å². The van der Waals surface area contributed by atoms with Crippen molar-refractivity contribution in [1.82, 2.24) is 4.98 Å². The molecule has 0 saturated carbocycles. The Morgan fingerprint density at radius 2 is 2.31 bits per heavy atom. The molecule has 0 fully saturated rings. The Balaban J connectivity index is 2.44. The molecular weight excluding hydrogens is 204 g/mol. The normalized spacial score (nSPS) is 14.4. The average molecular weight is 212 g/mol. The Kier molecular flexibility index (Phi) is 1.68. The van der Waals surface area contributed by atoms with E-state index in [0.29, 0.717) is 11.3 Å². The summed E-state index contributed by atoms with van der Waals surface area (Å²) < 4.78 is 5.44. The molecular formula is C12H8N2O2. The first-order valence-corrected chi connectivity index (χ1v) is 4.86. The van der Waals surface area contributed by atoms with Gasteiger partial charge >= 0.3 is 0 Å². The molecule has 1 aromatic heterocycles. The molecule has 1 aromatic carbocycles. The van der Waals surface area contributed by atoms with Gasteiger partial charge in [0, 0.05) is 17.3 Å². The van der Waals surface area contributed by atoms with Gasteiger partial charge < -0.3 is 14.8 Å². The largest absolute Gasteiger partial charge is 0.507 e. The molecule has 3 rings (SSSR count). The number of hydrogen-bond donors (Lipinski definition) is 2. The van der Waals surface area contributed by atoms with Crippen LogP contribution in [0, 0.1) is 11.3 Å². The molecule has 1 aliphatic heterocycles. The number of ether oxygens (including phenoxy) is 1. The van der Waals surface area contributed by atoms with E-state index in [2.05, 4.69) is 4.98 Å². The lowest BCUT2D eigenvalue weighted by Crippen LogP contribution is -2.00. The van der Waals surface area contributed by atoms with Crippen LogP contribution in [0.5, 0.6) is 5.75 Å². The molecule has 4 heteroatoms. The van der Waals surface area contributed by atoms with Crippen LogP contribution >= 0.6 is 0 Å². The maximum atomic E-state index is 9.71. The zero-order valence-electron chi connectivity index (χ0n) is 8.32. The molecule has 0 unspecified atom stereocenters. The number of nitrogens with zero attached hydrogens (tertiary/aromatic N) is 1. The van der Waals surface area contributed by atoms with Crippen LogP contribution in [0.2, 0.25) is 0 Å². The zero-order valence-corrected chi connectivity index (χ0v) is 8.32. The maximum Gasteiger partial charge on any atom is 0.148 e. The summed E-state index contributed by atoms with van der Waals surface area (Å²) >= 11 is 0. The fraction of sp³-hybridized carbons (Fsp3) is 0.0833. The van der Waals surface area contributed by atoms with Crippen molar-refractivity contribution >= 4 is 16.5 Å². The van der Waals surface area contributed by atoms with Crippen molar-refractivity contribution in [2.45, 2.75) is 0 Å². The standard InChI is InChI=1S/C12H8N2O2/c13-4-7-8-5-14-9-2-1-3-11(12(8)9)16-6-10(7)15/h1-3,5,14-15H,6H2. The Labute approximate surface area is 91.4 Å². The fourth-order valence-electron chi connectivity index (χ4n) is 1.97. The number of benzene rings is 1. The lowest BCUT2D eigenvalue weighted by molar-refractivity contribution is 0.276. The van der Waals surface area contributed by atoms with Gasteiger partial charge in [0.05, 0.1) is 5.39 Å². The van der Waals surface area contributed by atoms with Crippen LogP contribution in [0.15, 0.2) is 30.2 Å². The van der Waals surface area contributed by atoms with Crippen molar-refractivity contribution in [3.8, 4) is 11.8 Å². The monoisotopic (exact) mass is 212 g/mol. The molecule has 2 heterocycles. The molecule has 0 amide bonds. The second-order valence-corrected chi connectivity index (χ2v) is 3.60. The van der Waals surface area contributed by atoms with Gasteiger partial charge in [0.2, 0.25) is 0 Å². The van der Waals surface area contributed by atoms with E-state index in [4.69, 9.17) is 10.00 Å². The fourth-order valence-corrected chi connectivity index (χ4v) is 1.97. The molecule has 2 aromatic rings. The summed E-state index contributed by atoms with van der Waals surface area (Å²) in [5, 5.41) is 19.6. The number of aromatic amines is 1. The summed E-state index contributed by atoms with van der Waals surface area (Å²) in [5.74, 6) is 0.658. The highest BCUT2D eigenvalue weighted by Crippen LogP contribution is 2.35. The molecule has 1 aliphatic rings. The number of aliphatic hydroxyl groups excluding tert-OH is 1. The Morgan fingerprint density at radius 1 is 1.44 bits per heavy atom. The van der Waals surface area contributed by atoms with Gasteiger partial charge in [-0.2, -0.15) is 5.26 Å². The second-order valence-electron chi connectivity index (χ2n) is 3.60. The zero-order chi connectivity index (χ0) is 11.1. The van der Waals surface area contributed by atoms with E-state index in [0.717, 1.165) is 10.9 Å². The SMILES string of the molecule is N#CC1=C(O)COc2cccc3[nH]cc1c23. The number of rotatable bonds is 0. The molecule has 78 valence electrons. The second kappa shape index (κ2) is 3.04. The van der Waals surface area contributed by atoms with Gasteiger partial charge in [-0.15, -0.1) is 0 Å². The quantitative estimate of drug-likeness (QED) is 0.704. The third kappa shape index (κ3) is 1.03. The van der Waals surface area contributed by atoms with Crippen molar-refractivity contribution in [2.24, 2.45) is 0 Å². The van der Waals surface area contributed by atoms with Crippen LogP contribution in [0.4, 0.5) is 0 Å². The third-order valence-electron chi connectivity index (χ3n) is 2.70. The summed E-state index contributed by atoms with van der Waals surface area (Å²) in [4.78, 5) is 3.06. The van der Waals surface area contributed by atoms with E-state index in [1.165, 1.54) is 0 Å². The van der Waals surface area contributed by atoms with Gasteiger partial charge in [-0.3, -0.25) is 0 Å². The van der Waals surface area contributed by atoms with Crippen LogP contribution in [0.25, 0.3) is 16.5 Å². The summed E-state index contributed by atoms with van der Waals surface area (Å²) in [6.07, 6.45) is 1.72. The van der Waals surface area contributed by atoms with Crippen LogP contribution in [0.3, 0.4) is 0 Å². The molecule has 4 nitrogen and oxygen atoms in total. The minimum absolute atomic E-state index is 0.0281. The van der Waals surface area contributed by atoms with Gasteiger partial charge in [0.1, 0.15) is 29.8 Å². The lowest BCUT2D eigenvalue weighted by atomic mass is 10.1. The lowest BCUT2D eigenvalue weighted by Gasteiger charge is -2.03. The predicted octanol–water partition coefficient (Wildman–Crippen LogP) is 2.35. The number of hydrogen-bond acceptors (Lipinski definition) is 3. The van der Waals surface area contributed by atoms with E-state index >= 15 is 0 Å². The first kappa shape index (κ1) is 8.86. The van der Waals surface area contributed by atoms with Crippen LogP contribution in [-0.2, 0) is 0 Å². The smallest absolute Gasteiger partial charge is 0.148 e. The molecule has 2 N–H and O–H groups in total. The van der Waals surface area contributed by atoms with Crippen LogP contribution in [-0.4, -0.2) is 16.7 Å². The molecule has 0 spiro atoms. The summed E-state index contributed by atoms with van der Waals surface area (Å²) in [6, 6.07) is 7.61. The first-order chi connectivity index (χ1) is 7.81. The topological polar surface area (TPSA) is 69.0 Å². The van der Waals surface area contributed by atoms with Crippen molar-refractivity contribution in [3.63, 3.8) is 0 Å². The Hall–Kier alpha value is -2.41. The predicted molar refractivity (Wildman–Crippen MR) is 59.0 cm³/mol. The molecule has 0 bridgehead atoms. The minimum Gasteiger partial charge on any atom is -0.507 e. The molecule has 0 saturated heterocycles. The molecule has 16 heavy (non-hydrogen) atoms. The highest BCUT2D eigenvalue weighted by molar-refractivity contribution is 6.00. The number of allylic oxidation sites excluding steroid dienone is 1. The van der Waals surface area contributed by atoms with E-state index < -0.39 is 0 Å². The number of aliphatic hydroxyl groups is 1. The van der Waals surface area contributed by atoms with Crippen molar-refractivity contribution in [2.75, 3.05) is 6.61 Å². The van der Waals surface area contributed by atoms with Gasteiger partial charge in [0.15, 0.2) is 0 Å². The van der Waals surface area contributed by atoms with Crippen LogP contribution < -0.4 is 4.74 Å². The summed E-state index contributed by atoms with van der Waals surface area (Å²) in [5.41, 5.74) is 1.87. The average Bonchev–Trinajstić information content (AvgIpc) is 2.66. The highest BCUT2D eigenvalue weighted by atomic mass is 16.5. The van der Waals surface area contributed by atoms with E-state index in [1.807, 2.05) is 24.3 Å². The summed E-state index contributed by atoms with van der Waals surface area (Å²) in [7, 11) is 0. The number of nitriles is 1. The minimum atomic E-state index is -0.0281. The maximum absolute atomic E-state index is 9.71.